The van der Waals surface area contributed by atoms with Crippen LogP contribution in [0.1, 0.15) is 17.2 Å². The number of aliphatic hydroxyl groups is 1. The second-order valence-electron chi connectivity index (χ2n) is 4.10. The van der Waals surface area contributed by atoms with Crippen LogP contribution in [0.15, 0.2) is 40.9 Å². The zero-order valence-corrected chi connectivity index (χ0v) is 13.6. The van der Waals surface area contributed by atoms with Gasteiger partial charge in [0, 0.05) is 21.5 Å². The highest BCUT2D eigenvalue weighted by Crippen LogP contribution is 2.32. The summed E-state index contributed by atoms with van der Waals surface area (Å²) in [5.74, 6) is 0. The van der Waals surface area contributed by atoms with E-state index in [0.717, 1.165) is 10.0 Å². The van der Waals surface area contributed by atoms with Crippen LogP contribution in [0.3, 0.4) is 0 Å². The number of rotatable bonds is 3. The first kappa shape index (κ1) is 15.1. The van der Waals surface area contributed by atoms with Gasteiger partial charge >= 0.3 is 0 Å². The van der Waals surface area contributed by atoms with E-state index >= 15 is 0 Å². The van der Waals surface area contributed by atoms with E-state index in [9.17, 15) is 5.11 Å². The molecule has 0 amide bonds. The van der Waals surface area contributed by atoms with Crippen molar-refractivity contribution in [2.45, 2.75) is 12.5 Å². The first-order valence-corrected chi connectivity index (χ1v) is 7.47. The van der Waals surface area contributed by atoms with Crippen LogP contribution in [0.5, 0.6) is 0 Å². The van der Waals surface area contributed by atoms with Gasteiger partial charge in [0.05, 0.1) is 16.1 Å². The Bertz CT molecular complexity index is 601. The highest BCUT2D eigenvalue weighted by atomic mass is 79.9. The second kappa shape index (κ2) is 6.47. The van der Waals surface area contributed by atoms with Crippen LogP contribution in [0.25, 0.3) is 0 Å². The predicted octanol–water partition coefficient (Wildman–Crippen LogP) is 5.69. The average molecular weight is 380 g/mol. The molecule has 1 unspecified atom stereocenters. The number of hydrogen-bond donors (Lipinski definition) is 1. The molecular formula is C14H10BrCl3O. The number of halogens is 4. The standard InChI is InChI=1S/C14H10BrCl3O/c15-9-4-5-11(16)10(7-9)13(19)6-8-2-1-3-12(17)14(8)18/h1-5,7,13,19H,6H2. The Labute approximate surface area is 135 Å². The Morgan fingerprint density at radius 2 is 1.79 bits per heavy atom. The molecule has 0 bridgehead atoms. The summed E-state index contributed by atoms with van der Waals surface area (Å²) < 4.78 is 0.864. The van der Waals surface area contributed by atoms with E-state index in [1.165, 1.54) is 0 Å². The van der Waals surface area contributed by atoms with Crippen LogP contribution in [-0.4, -0.2) is 5.11 Å². The van der Waals surface area contributed by atoms with Gasteiger partial charge in [0.15, 0.2) is 0 Å². The monoisotopic (exact) mass is 378 g/mol. The van der Waals surface area contributed by atoms with E-state index in [0.29, 0.717) is 27.1 Å². The second-order valence-corrected chi connectivity index (χ2v) is 6.21. The highest BCUT2D eigenvalue weighted by molar-refractivity contribution is 9.10. The Balaban J connectivity index is 2.28. The third-order valence-corrected chi connectivity index (χ3v) is 4.46. The van der Waals surface area contributed by atoms with E-state index < -0.39 is 6.10 Å². The first-order valence-electron chi connectivity index (χ1n) is 5.55. The summed E-state index contributed by atoms with van der Waals surface area (Å²) in [5, 5.41) is 11.8. The molecule has 19 heavy (non-hydrogen) atoms. The first-order chi connectivity index (χ1) is 8.99. The van der Waals surface area contributed by atoms with Gasteiger partial charge in [-0.2, -0.15) is 0 Å². The molecule has 0 spiro atoms. The van der Waals surface area contributed by atoms with Crippen LogP contribution in [0.2, 0.25) is 15.1 Å². The largest absolute Gasteiger partial charge is 0.388 e. The molecule has 1 N–H and O–H groups in total. The Kier molecular flexibility index (Phi) is 5.15. The molecule has 0 saturated heterocycles. The number of hydrogen-bond acceptors (Lipinski definition) is 1. The molecule has 0 aliphatic carbocycles. The summed E-state index contributed by atoms with van der Waals surface area (Å²) in [6, 6.07) is 10.7. The SMILES string of the molecule is OC(Cc1cccc(Cl)c1Cl)c1cc(Br)ccc1Cl. The summed E-state index contributed by atoms with van der Waals surface area (Å²) in [6.07, 6.45) is -0.379. The Morgan fingerprint density at radius 3 is 2.53 bits per heavy atom. The van der Waals surface area contributed by atoms with Crippen molar-refractivity contribution in [1.29, 1.82) is 0 Å². The Hall–Kier alpha value is -0.250. The molecule has 2 aromatic rings. The van der Waals surface area contributed by atoms with Crippen molar-refractivity contribution in [1.82, 2.24) is 0 Å². The van der Waals surface area contributed by atoms with Gasteiger partial charge in [0.1, 0.15) is 0 Å². The predicted molar refractivity (Wildman–Crippen MR) is 84.3 cm³/mol. The van der Waals surface area contributed by atoms with E-state index in [-0.39, 0.29) is 0 Å². The maximum atomic E-state index is 10.3. The highest BCUT2D eigenvalue weighted by Gasteiger charge is 2.15. The molecule has 0 aliphatic heterocycles. The lowest BCUT2D eigenvalue weighted by molar-refractivity contribution is 0.178. The van der Waals surface area contributed by atoms with Crippen molar-refractivity contribution in [3.63, 3.8) is 0 Å². The topological polar surface area (TPSA) is 20.2 Å². The van der Waals surface area contributed by atoms with Gasteiger partial charge in [0.2, 0.25) is 0 Å². The molecule has 0 aliphatic rings. The van der Waals surface area contributed by atoms with E-state index in [1.54, 1.807) is 24.3 Å². The van der Waals surface area contributed by atoms with Crippen LogP contribution < -0.4 is 0 Å². The van der Waals surface area contributed by atoms with Gasteiger partial charge in [-0.15, -0.1) is 0 Å². The van der Waals surface area contributed by atoms with Gasteiger partial charge < -0.3 is 5.11 Å². The molecule has 100 valence electrons. The maximum Gasteiger partial charge on any atom is 0.0845 e. The van der Waals surface area contributed by atoms with E-state index in [1.807, 2.05) is 12.1 Å². The van der Waals surface area contributed by atoms with Gasteiger partial charge in [-0.25, -0.2) is 0 Å². The van der Waals surface area contributed by atoms with Gasteiger partial charge in [0.25, 0.3) is 0 Å². The fourth-order valence-electron chi connectivity index (χ4n) is 1.79. The quantitative estimate of drug-likeness (QED) is 0.726. The number of aliphatic hydroxyl groups excluding tert-OH is 1. The lowest BCUT2D eigenvalue weighted by Crippen LogP contribution is -2.03. The van der Waals surface area contributed by atoms with Crippen molar-refractivity contribution in [3.05, 3.63) is 67.1 Å². The zero-order valence-electron chi connectivity index (χ0n) is 9.71. The molecule has 0 saturated carbocycles. The van der Waals surface area contributed by atoms with E-state index in [4.69, 9.17) is 34.8 Å². The lowest BCUT2D eigenvalue weighted by atomic mass is 10.0. The van der Waals surface area contributed by atoms with Crippen LogP contribution in [0.4, 0.5) is 0 Å². The fraction of sp³-hybridized carbons (Fsp3) is 0.143. The van der Waals surface area contributed by atoms with Crippen molar-refractivity contribution in [2.24, 2.45) is 0 Å². The summed E-state index contributed by atoms with van der Waals surface area (Å²) in [4.78, 5) is 0. The van der Waals surface area contributed by atoms with Crippen LogP contribution in [-0.2, 0) is 6.42 Å². The Morgan fingerprint density at radius 1 is 1.05 bits per heavy atom. The third-order valence-electron chi connectivity index (χ3n) is 2.76. The molecule has 0 fully saturated rings. The van der Waals surface area contributed by atoms with Crippen LogP contribution >= 0.6 is 50.7 Å². The molecule has 0 radical (unpaired) electrons. The normalized spacial score (nSPS) is 12.5. The summed E-state index contributed by atoms with van der Waals surface area (Å²) in [6.45, 7) is 0. The van der Waals surface area contributed by atoms with Crippen LogP contribution in [0, 0.1) is 0 Å². The molecule has 0 heterocycles. The molecular weight excluding hydrogens is 370 g/mol. The smallest absolute Gasteiger partial charge is 0.0845 e. The summed E-state index contributed by atoms with van der Waals surface area (Å²) in [5.41, 5.74) is 1.45. The summed E-state index contributed by atoms with van der Waals surface area (Å²) >= 11 is 21.5. The lowest BCUT2D eigenvalue weighted by Gasteiger charge is -2.14. The molecule has 2 aromatic carbocycles. The minimum atomic E-state index is -0.735. The molecule has 1 atom stereocenters. The van der Waals surface area contributed by atoms with Gasteiger partial charge in [-0.05, 0) is 29.8 Å². The minimum absolute atomic E-state index is 0.357. The minimum Gasteiger partial charge on any atom is -0.388 e. The van der Waals surface area contributed by atoms with Crippen molar-refractivity contribution >= 4 is 50.7 Å². The fourth-order valence-corrected chi connectivity index (χ4v) is 2.81. The molecule has 1 nitrogen and oxygen atoms in total. The van der Waals surface area contributed by atoms with Gasteiger partial charge in [-0.3, -0.25) is 0 Å². The average Bonchev–Trinajstić information content (AvgIpc) is 2.38. The molecule has 5 heteroatoms. The maximum absolute atomic E-state index is 10.3. The van der Waals surface area contributed by atoms with E-state index in [2.05, 4.69) is 15.9 Å². The van der Waals surface area contributed by atoms with Crippen molar-refractivity contribution in [3.8, 4) is 0 Å². The van der Waals surface area contributed by atoms with Gasteiger partial charge in [-0.1, -0.05) is 62.9 Å². The zero-order chi connectivity index (χ0) is 14.0. The molecule has 2 rings (SSSR count). The van der Waals surface area contributed by atoms with Crippen molar-refractivity contribution < 1.29 is 5.11 Å². The summed E-state index contributed by atoms with van der Waals surface area (Å²) in [7, 11) is 0. The number of benzene rings is 2. The molecule has 0 aromatic heterocycles. The third kappa shape index (κ3) is 3.65. The van der Waals surface area contributed by atoms with Crippen molar-refractivity contribution in [2.75, 3.05) is 0 Å².